The number of unbranched alkanes of at least 4 members (excludes halogenated alkanes) is 6. The predicted octanol–water partition coefficient (Wildman–Crippen LogP) is 4.25. The van der Waals surface area contributed by atoms with E-state index in [0.29, 0.717) is 6.42 Å². The maximum absolute atomic E-state index is 10.7. The number of hydrogen-bond donors (Lipinski definition) is 2. The number of carboxylic acid groups (broad SMARTS) is 2. The van der Waals surface area contributed by atoms with Crippen molar-refractivity contribution < 1.29 is 19.8 Å². The Kier molecular flexibility index (Phi) is 11.9. The number of hydrogen-bond acceptors (Lipinski definition) is 2. The highest BCUT2D eigenvalue weighted by atomic mass is 16.4. The summed E-state index contributed by atoms with van der Waals surface area (Å²) < 4.78 is 0. The molecule has 0 aliphatic heterocycles. The molecule has 0 amide bonds. The molecule has 0 spiro atoms. The lowest BCUT2D eigenvalue weighted by Crippen LogP contribution is -2.08. The van der Waals surface area contributed by atoms with Gasteiger partial charge in [0.1, 0.15) is 0 Å². The molecule has 4 heteroatoms. The zero-order valence-electron chi connectivity index (χ0n) is 12.5. The van der Waals surface area contributed by atoms with E-state index in [9.17, 15) is 9.59 Å². The Morgan fingerprint density at radius 1 is 1.00 bits per heavy atom. The number of carbonyl (C=O) groups is 2. The van der Waals surface area contributed by atoms with Crippen LogP contribution in [0.5, 0.6) is 0 Å². The molecule has 116 valence electrons. The van der Waals surface area contributed by atoms with E-state index in [1.54, 1.807) is 0 Å². The van der Waals surface area contributed by atoms with Crippen LogP contribution in [0.25, 0.3) is 0 Å². The highest BCUT2D eigenvalue weighted by Gasteiger charge is 2.11. The van der Waals surface area contributed by atoms with Crippen molar-refractivity contribution in [3.8, 4) is 0 Å². The molecule has 4 nitrogen and oxygen atoms in total. The van der Waals surface area contributed by atoms with Crippen molar-refractivity contribution in [3.05, 3.63) is 12.2 Å². The smallest absolute Gasteiger partial charge is 0.303 e. The molecule has 0 saturated carbocycles. The fraction of sp³-hybridized carbons (Fsp3) is 0.750. The van der Waals surface area contributed by atoms with Crippen molar-refractivity contribution >= 4 is 11.9 Å². The molecule has 2 N–H and O–H groups in total. The third-order valence-electron chi connectivity index (χ3n) is 3.30. The first-order valence-electron chi connectivity index (χ1n) is 7.66. The second kappa shape index (κ2) is 12.7. The summed E-state index contributed by atoms with van der Waals surface area (Å²) >= 11 is 0. The van der Waals surface area contributed by atoms with Gasteiger partial charge in [0.05, 0.1) is 6.42 Å². The van der Waals surface area contributed by atoms with Crippen molar-refractivity contribution in [2.24, 2.45) is 5.92 Å². The van der Waals surface area contributed by atoms with Crippen LogP contribution in [0.3, 0.4) is 0 Å². The molecule has 0 rings (SSSR count). The van der Waals surface area contributed by atoms with Gasteiger partial charge < -0.3 is 10.2 Å². The van der Waals surface area contributed by atoms with Crippen molar-refractivity contribution in [1.82, 2.24) is 0 Å². The zero-order chi connectivity index (χ0) is 15.2. The van der Waals surface area contributed by atoms with Gasteiger partial charge in [0, 0.05) is 6.42 Å². The first kappa shape index (κ1) is 18.7. The largest absolute Gasteiger partial charge is 0.481 e. The summed E-state index contributed by atoms with van der Waals surface area (Å²) in [6.45, 7) is 2.20. The van der Waals surface area contributed by atoms with Crippen molar-refractivity contribution in [1.29, 1.82) is 0 Å². The Balaban J connectivity index is 3.82. The van der Waals surface area contributed by atoms with Crippen LogP contribution in [0.2, 0.25) is 0 Å². The van der Waals surface area contributed by atoms with Crippen LogP contribution in [0.1, 0.15) is 71.1 Å². The highest BCUT2D eigenvalue weighted by molar-refractivity contribution is 5.68. The van der Waals surface area contributed by atoms with Gasteiger partial charge in [0.25, 0.3) is 0 Å². The Bertz CT molecular complexity index is 297. The normalized spacial score (nSPS) is 12.7. The maximum atomic E-state index is 10.7. The molecule has 0 aromatic carbocycles. The minimum atomic E-state index is -0.871. The van der Waals surface area contributed by atoms with Crippen LogP contribution in [0, 0.1) is 5.92 Å². The molecule has 0 aliphatic rings. The van der Waals surface area contributed by atoms with Crippen LogP contribution in [0.15, 0.2) is 12.2 Å². The Morgan fingerprint density at radius 2 is 1.65 bits per heavy atom. The van der Waals surface area contributed by atoms with E-state index in [1.807, 2.05) is 12.2 Å². The second-order valence-corrected chi connectivity index (χ2v) is 5.27. The van der Waals surface area contributed by atoms with Gasteiger partial charge in [0.2, 0.25) is 0 Å². The molecular formula is C16H28O4. The highest BCUT2D eigenvalue weighted by Crippen LogP contribution is 2.15. The third kappa shape index (κ3) is 13.1. The Hall–Kier alpha value is -1.32. The van der Waals surface area contributed by atoms with Crippen LogP contribution in [-0.2, 0) is 9.59 Å². The van der Waals surface area contributed by atoms with E-state index in [0.717, 1.165) is 12.8 Å². The molecule has 0 aliphatic carbocycles. The zero-order valence-corrected chi connectivity index (χ0v) is 12.5. The van der Waals surface area contributed by atoms with Crippen molar-refractivity contribution in [2.75, 3.05) is 0 Å². The van der Waals surface area contributed by atoms with Gasteiger partial charge in [-0.2, -0.15) is 0 Å². The lowest BCUT2D eigenvalue weighted by Gasteiger charge is -2.08. The van der Waals surface area contributed by atoms with Gasteiger partial charge in [-0.25, -0.2) is 0 Å². The minimum Gasteiger partial charge on any atom is -0.481 e. The number of carboxylic acids is 2. The molecule has 0 fully saturated rings. The molecule has 0 aromatic rings. The lowest BCUT2D eigenvalue weighted by molar-refractivity contribution is -0.140. The van der Waals surface area contributed by atoms with Crippen LogP contribution in [-0.4, -0.2) is 22.2 Å². The van der Waals surface area contributed by atoms with E-state index >= 15 is 0 Å². The minimum absolute atomic E-state index is 0.0142. The Morgan fingerprint density at radius 3 is 2.25 bits per heavy atom. The monoisotopic (exact) mass is 284 g/mol. The molecule has 1 atom stereocenters. The lowest BCUT2D eigenvalue weighted by atomic mass is 9.98. The summed E-state index contributed by atoms with van der Waals surface area (Å²) in [7, 11) is 0. The summed E-state index contributed by atoms with van der Waals surface area (Å²) in [5, 5.41) is 17.4. The topological polar surface area (TPSA) is 74.6 Å². The predicted molar refractivity (Wildman–Crippen MR) is 79.7 cm³/mol. The molecule has 0 aromatic heterocycles. The Labute approximate surface area is 121 Å². The second-order valence-electron chi connectivity index (χ2n) is 5.27. The average molecular weight is 284 g/mol. The molecule has 0 bridgehead atoms. The summed E-state index contributed by atoms with van der Waals surface area (Å²) in [5.41, 5.74) is 0. The summed E-state index contributed by atoms with van der Waals surface area (Å²) in [4.78, 5) is 21.2. The summed E-state index contributed by atoms with van der Waals surface area (Å²) in [6, 6.07) is 0. The van der Waals surface area contributed by atoms with Gasteiger partial charge >= 0.3 is 11.9 Å². The average Bonchev–Trinajstić information content (AvgIpc) is 2.38. The maximum Gasteiger partial charge on any atom is 0.303 e. The fourth-order valence-corrected chi connectivity index (χ4v) is 2.13. The molecule has 1 unspecified atom stereocenters. The van der Waals surface area contributed by atoms with Gasteiger partial charge in [-0.15, -0.1) is 0 Å². The summed E-state index contributed by atoms with van der Waals surface area (Å²) in [6.07, 6.45) is 12.7. The van der Waals surface area contributed by atoms with E-state index in [4.69, 9.17) is 10.2 Å². The van der Waals surface area contributed by atoms with Crippen molar-refractivity contribution in [3.63, 3.8) is 0 Å². The van der Waals surface area contributed by atoms with Crippen LogP contribution < -0.4 is 0 Å². The van der Waals surface area contributed by atoms with Crippen molar-refractivity contribution in [2.45, 2.75) is 71.1 Å². The fourth-order valence-electron chi connectivity index (χ4n) is 2.13. The number of aliphatic carboxylic acids is 2. The molecule has 0 saturated heterocycles. The van der Waals surface area contributed by atoms with Gasteiger partial charge in [-0.3, -0.25) is 9.59 Å². The number of allylic oxidation sites excluding steroid dienone is 2. The van der Waals surface area contributed by atoms with E-state index in [1.165, 1.54) is 32.1 Å². The standard InChI is InChI=1S/C16H28O4/c1-2-3-4-5-6-7-8-9-10-14(13-16(19)20)11-12-15(17)18/h9-10,14H,2-8,11-13H2,1H3,(H,17,18)(H,19,20). The molecule has 20 heavy (non-hydrogen) atoms. The molecule has 0 radical (unpaired) electrons. The van der Waals surface area contributed by atoms with Crippen LogP contribution in [0.4, 0.5) is 0 Å². The molecular weight excluding hydrogens is 256 g/mol. The summed E-state index contributed by atoms with van der Waals surface area (Å²) in [5.74, 6) is -1.90. The molecule has 0 heterocycles. The van der Waals surface area contributed by atoms with E-state index < -0.39 is 11.9 Å². The first-order valence-corrected chi connectivity index (χ1v) is 7.66. The van der Waals surface area contributed by atoms with E-state index in [-0.39, 0.29) is 18.8 Å². The van der Waals surface area contributed by atoms with Gasteiger partial charge in [-0.1, -0.05) is 51.2 Å². The number of rotatable bonds is 13. The van der Waals surface area contributed by atoms with Gasteiger partial charge in [-0.05, 0) is 25.2 Å². The third-order valence-corrected chi connectivity index (χ3v) is 3.30. The first-order chi connectivity index (χ1) is 9.56. The quantitative estimate of drug-likeness (QED) is 0.391. The van der Waals surface area contributed by atoms with Crippen LogP contribution >= 0.6 is 0 Å². The SMILES string of the molecule is CCCCCCCCC=CC(CCC(=O)O)CC(=O)O. The van der Waals surface area contributed by atoms with E-state index in [2.05, 4.69) is 6.92 Å². The van der Waals surface area contributed by atoms with Gasteiger partial charge in [0.15, 0.2) is 0 Å².